The van der Waals surface area contributed by atoms with Crippen LogP contribution in [0.5, 0.6) is 0 Å². The predicted octanol–water partition coefficient (Wildman–Crippen LogP) is 1.88. The lowest BCUT2D eigenvalue weighted by atomic mass is 10.1. The molecule has 1 aromatic carbocycles. The smallest absolute Gasteiger partial charge is 0.274 e. The predicted molar refractivity (Wildman–Crippen MR) is 109 cm³/mol. The fraction of sp³-hybridized carbons (Fsp3) is 0.278. The van der Waals surface area contributed by atoms with Gasteiger partial charge in [-0.3, -0.25) is 9.78 Å². The van der Waals surface area contributed by atoms with Crippen LogP contribution in [0.2, 0.25) is 0 Å². The molecule has 0 atom stereocenters. The van der Waals surface area contributed by atoms with E-state index in [1.807, 2.05) is 30.3 Å². The molecule has 1 saturated heterocycles. The SMILES string of the molecule is Cc1nnc(N/N=C\c2sc(N3CCOCC3)nc2-c2ccccc2)[nH]c1=O. The van der Waals surface area contributed by atoms with Crippen LogP contribution in [0.25, 0.3) is 11.3 Å². The summed E-state index contributed by atoms with van der Waals surface area (Å²) in [7, 11) is 0. The van der Waals surface area contributed by atoms with E-state index in [4.69, 9.17) is 9.72 Å². The molecule has 2 N–H and O–H groups in total. The van der Waals surface area contributed by atoms with E-state index in [0.29, 0.717) is 18.9 Å². The number of aryl methyl sites for hydroxylation is 1. The lowest BCUT2D eigenvalue weighted by Gasteiger charge is -2.26. The largest absolute Gasteiger partial charge is 0.378 e. The van der Waals surface area contributed by atoms with Crippen molar-refractivity contribution in [2.45, 2.75) is 6.92 Å². The number of hydrazone groups is 1. The van der Waals surface area contributed by atoms with Crippen LogP contribution in [-0.2, 0) is 4.74 Å². The molecule has 28 heavy (non-hydrogen) atoms. The van der Waals surface area contributed by atoms with E-state index >= 15 is 0 Å². The first-order valence-electron chi connectivity index (χ1n) is 8.82. The summed E-state index contributed by atoms with van der Waals surface area (Å²) in [6, 6.07) is 9.97. The maximum absolute atomic E-state index is 11.6. The monoisotopic (exact) mass is 397 g/mol. The molecular formula is C18H19N7O2S. The van der Waals surface area contributed by atoms with Gasteiger partial charge in [0.2, 0.25) is 5.95 Å². The van der Waals surface area contributed by atoms with Crippen LogP contribution in [0.15, 0.2) is 40.2 Å². The Hall–Kier alpha value is -3.11. The highest BCUT2D eigenvalue weighted by Crippen LogP contribution is 2.32. The Morgan fingerprint density at radius 2 is 2.04 bits per heavy atom. The zero-order chi connectivity index (χ0) is 19.3. The van der Waals surface area contributed by atoms with E-state index in [0.717, 1.165) is 34.4 Å². The minimum atomic E-state index is -0.301. The molecule has 1 aliphatic rings. The number of benzene rings is 1. The molecule has 0 radical (unpaired) electrons. The third kappa shape index (κ3) is 4.07. The zero-order valence-corrected chi connectivity index (χ0v) is 16.1. The van der Waals surface area contributed by atoms with Gasteiger partial charge in [-0.2, -0.15) is 5.10 Å². The second-order valence-corrected chi connectivity index (χ2v) is 7.14. The Labute approximate surface area is 165 Å². The summed E-state index contributed by atoms with van der Waals surface area (Å²) in [5, 5.41) is 12.8. The second-order valence-electron chi connectivity index (χ2n) is 6.13. The zero-order valence-electron chi connectivity index (χ0n) is 15.3. The van der Waals surface area contributed by atoms with Gasteiger partial charge in [-0.15, -0.1) is 10.2 Å². The van der Waals surface area contributed by atoms with Crippen molar-refractivity contribution in [1.29, 1.82) is 0 Å². The molecule has 9 nitrogen and oxygen atoms in total. The summed E-state index contributed by atoms with van der Waals surface area (Å²) in [4.78, 5) is 22.2. The van der Waals surface area contributed by atoms with Gasteiger partial charge in [-0.1, -0.05) is 41.7 Å². The van der Waals surface area contributed by atoms with E-state index in [2.05, 4.69) is 30.6 Å². The number of H-pyrrole nitrogens is 1. The molecule has 0 unspecified atom stereocenters. The first kappa shape index (κ1) is 18.3. The number of thiazole rings is 1. The third-order valence-corrected chi connectivity index (χ3v) is 5.23. The Bertz CT molecular complexity index is 1030. The van der Waals surface area contributed by atoms with E-state index in [1.54, 1.807) is 24.5 Å². The normalized spacial score (nSPS) is 14.5. The highest BCUT2D eigenvalue weighted by molar-refractivity contribution is 7.17. The van der Waals surface area contributed by atoms with E-state index < -0.39 is 0 Å². The van der Waals surface area contributed by atoms with Gasteiger partial charge in [0.1, 0.15) is 5.69 Å². The molecule has 0 amide bonds. The van der Waals surface area contributed by atoms with Gasteiger partial charge in [-0.25, -0.2) is 10.4 Å². The molecule has 3 heterocycles. The molecule has 10 heteroatoms. The minimum absolute atomic E-state index is 0.186. The van der Waals surface area contributed by atoms with Crippen molar-refractivity contribution in [3.8, 4) is 11.3 Å². The van der Waals surface area contributed by atoms with Crippen molar-refractivity contribution in [1.82, 2.24) is 20.2 Å². The average Bonchev–Trinajstić information content (AvgIpc) is 3.16. The van der Waals surface area contributed by atoms with E-state index in [9.17, 15) is 4.79 Å². The summed E-state index contributed by atoms with van der Waals surface area (Å²) >= 11 is 1.56. The van der Waals surface area contributed by atoms with Gasteiger partial charge in [0.25, 0.3) is 5.56 Å². The number of morpholine rings is 1. The maximum Gasteiger partial charge on any atom is 0.274 e. The number of nitrogens with zero attached hydrogens (tertiary/aromatic N) is 5. The number of ether oxygens (including phenoxy) is 1. The third-order valence-electron chi connectivity index (χ3n) is 4.18. The lowest BCUT2D eigenvalue weighted by molar-refractivity contribution is 0.122. The highest BCUT2D eigenvalue weighted by Gasteiger charge is 2.18. The van der Waals surface area contributed by atoms with Gasteiger partial charge in [0.05, 0.1) is 30.0 Å². The number of aromatic nitrogens is 4. The Balaban J connectivity index is 1.61. The number of rotatable bonds is 5. The standard InChI is InChI=1S/C18H19N7O2S/c1-12-16(26)21-17(24-22-12)23-19-11-14-15(13-5-3-2-4-6-13)20-18(28-14)25-7-9-27-10-8-25/h2-6,11H,7-10H2,1H3,(H2,21,23,24,26)/b19-11-. The summed E-state index contributed by atoms with van der Waals surface area (Å²) in [5.41, 5.74) is 4.60. The Kier molecular flexibility index (Phi) is 5.40. The van der Waals surface area contributed by atoms with Crippen molar-refractivity contribution < 1.29 is 4.74 Å². The summed E-state index contributed by atoms with van der Waals surface area (Å²) in [6.07, 6.45) is 1.68. The number of aromatic amines is 1. The van der Waals surface area contributed by atoms with Gasteiger partial charge >= 0.3 is 0 Å². The fourth-order valence-electron chi connectivity index (χ4n) is 2.70. The average molecular weight is 397 g/mol. The Morgan fingerprint density at radius 3 is 2.79 bits per heavy atom. The number of hydrogen-bond donors (Lipinski definition) is 2. The molecule has 0 spiro atoms. The van der Waals surface area contributed by atoms with Crippen molar-refractivity contribution in [3.05, 3.63) is 51.3 Å². The molecule has 0 aliphatic carbocycles. The molecule has 3 aromatic rings. The van der Waals surface area contributed by atoms with Crippen LogP contribution < -0.4 is 15.9 Å². The number of hydrogen-bond acceptors (Lipinski definition) is 9. The molecule has 1 fully saturated rings. The van der Waals surface area contributed by atoms with E-state index in [1.165, 1.54) is 0 Å². The van der Waals surface area contributed by atoms with Gasteiger partial charge in [-0.05, 0) is 6.92 Å². The molecule has 1 aliphatic heterocycles. The van der Waals surface area contributed by atoms with Crippen molar-refractivity contribution in [2.24, 2.45) is 5.10 Å². The van der Waals surface area contributed by atoms with Crippen LogP contribution in [0.1, 0.15) is 10.6 Å². The van der Waals surface area contributed by atoms with Crippen molar-refractivity contribution in [2.75, 3.05) is 36.6 Å². The molecule has 4 rings (SSSR count). The number of anilines is 2. The van der Waals surface area contributed by atoms with Crippen LogP contribution in [0, 0.1) is 6.92 Å². The minimum Gasteiger partial charge on any atom is -0.378 e. The van der Waals surface area contributed by atoms with E-state index in [-0.39, 0.29) is 11.5 Å². The quantitative estimate of drug-likeness (QED) is 0.500. The highest BCUT2D eigenvalue weighted by atomic mass is 32.1. The summed E-state index contributed by atoms with van der Waals surface area (Å²) in [5.74, 6) is 0.186. The first-order valence-corrected chi connectivity index (χ1v) is 9.64. The summed E-state index contributed by atoms with van der Waals surface area (Å²) < 4.78 is 5.43. The maximum atomic E-state index is 11.6. The first-order chi connectivity index (χ1) is 13.7. The van der Waals surface area contributed by atoms with Crippen LogP contribution >= 0.6 is 11.3 Å². The fourth-order valence-corrected chi connectivity index (χ4v) is 3.71. The molecule has 0 saturated carbocycles. The summed E-state index contributed by atoms with van der Waals surface area (Å²) in [6.45, 7) is 4.62. The number of nitrogens with one attached hydrogen (secondary N) is 2. The lowest BCUT2D eigenvalue weighted by Crippen LogP contribution is -2.36. The second kappa shape index (κ2) is 8.28. The van der Waals surface area contributed by atoms with Gasteiger partial charge in [0.15, 0.2) is 5.13 Å². The van der Waals surface area contributed by atoms with Crippen molar-refractivity contribution >= 4 is 28.6 Å². The van der Waals surface area contributed by atoms with Crippen LogP contribution in [0.3, 0.4) is 0 Å². The van der Waals surface area contributed by atoms with Crippen molar-refractivity contribution in [3.63, 3.8) is 0 Å². The molecular weight excluding hydrogens is 378 g/mol. The molecule has 144 valence electrons. The molecule has 0 bridgehead atoms. The Morgan fingerprint density at radius 1 is 1.25 bits per heavy atom. The van der Waals surface area contributed by atoms with Crippen LogP contribution in [0.4, 0.5) is 11.1 Å². The molecule has 2 aromatic heterocycles. The van der Waals surface area contributed by atoms with Gasteiger partial charge < -0.3 is 9.64 Å². The topological polar surface area (TPSA) is 108 Å². The van der Waals surface area contributed by atoms with Crippen LogP contribution in [-0.4, -0.2) is 52.7 Å². The van der Waals surface area contributed by atoms with Gasteiger partial charge in [0, 0.05) is 18.7 Å².